The van der Waals surface area contributed by atoms with Crippen LogP contribution in [0.2, 0.25) is 0 Å². The molecule has 2 rings (SSSR count). The predicted molar refractivity (Wildman–Crippen MR) is 56.7 cm³/mol. The van der Waals surface area contributed by atoms with Crippen molar-refractivity contribution in [2.45, 2.75) is 25.7 Å². The summed E-state index contributed by atoms with van der Waals surface area (Å²) < 4.78 is 0. The van der Waals surface area contributed by atoms with Crippen molar-refractivity contribution in [1.29, 1.82) is 0 Å². The van der Waals surface area contributed by atoms with Gasteiger partial charge in [0, 0.05) is 0 Å². The molecular weight excluding hydrogens is 174 g/mol. The standard InChI is InChI=1S/C12H13NO/c1-12(2)7-11(13-8-14)9-5-3-4-6-10(9)12/h3-6,8H,7H2,1-2H3/b13-11-. The molecular formula is C12H13NO. The van der Waals surface area contributed by atoms with Crippen LogP contribution >= 0.6 is 0 Å². The van der Waals surface area contributed by atoms with Gasteiger partial charge < -0.3 is 0 Å². The molecule has 0 unspecified atom stereocenters. The Morgan fingerprint density at radius 2 is 2.07 bits per heavy atom. The molecule has 2 nitrogen and oxygen atoms in total. The Morgan fingerprint density at radius 1 is 1.36 bits per heavy atom. The molecule has 0 N–H and O–H groups in total. The zero-order valence-corrected chi connectivity index (χ0v) is 8.45. The first kappa shape index (κ1) is 9.13. The summed E-state index contributed by atoms with van der Waals surface area (Å²) in [7, 11) is 0. The molecule has 0 bridgehead atoms. The van der Waals surface area contributed by atoms with Crippen LogP contribution in [0.15, 0.2) is 29.3 Å². The van der Waals surface area contributed by atoms with E-state index in [1.165, 1.54) is 5.56 Å². The van der Waals surface area contributed by atoms with Crippen molar-refractivity contribution in [1.82, 2.24) is 0 Å². The van der Waals surface area contributed by atoms with Crippen molar-refractivity contribution in [3.63, 3.8) is 0 Å². The largest absolute Gasteiger partial charge is 0.276 e. The van der Waals surface area contributed by atoms with E-state index in [9.17, 15) is 4.79 Å². The lowest BCUT2D eigenvalue weighted by Gasteiger charge is -2.17. The second-order valence-corrected chi connectivity index (χ2v) is 4.29. The maximum Gasteiger partial charge on any atom is 0.233 e. The number of aliphatic imine (C=N–C) groups is 1. The number of hydrogen-bond acceptors (Lipinski definition) is 1. The smallest absolute Gasteiger partial charge is 0.233 e. The molecule has 14 heavy (non-hydrogen) atoms. The number of rotatable bonds is 1. The van der Waals surface area contributed by atoms with Crippen molar-refractivity contribution in [2.75, 3.05) is 0 Å². The van der Waals surface area contributed by atoms with E-state index in [-0.39, 0.29) is 5.41 Å². The molecule has 0 radical (unpaired) electrons. The fraction of sp³-hybridized carbons (Fsp3) is 0.333. The van der Waals surface area contributed by atoms with Gasteiger partial charge in [0.2, 0.25) is 6.41 Å². The Labute approximate surface area is 83.7 Å². The third-order valence-electron chi connectivity index (χ3n) is 2.79. The lowest BCUT2D eigenvalue weighted by atomic mass is 9.87. The van der Waals surface area contributed by atoms with Gasteiger partial charge in [-0.15, -0.1) is 0 Å². The van der Waals surface area contributed by atoms with E-state index >= 15 is 0 Å². The monoisotopic (exact) mass is 187 g/mol. The number of hydrogen-bond donors (Lipinski definition) is 0. The molecule has 1 aromatic carbocycles. The van der Waals surface area contributed by atoms with Gasteiger partial charge in [-0.25, -0.2) is 4.99 Å². The number of amides is 1. The van der Waals surface area contributed by atoms with E-state index in [0.717, 1.165) is 17.7 Å². The van der Waals surface area contributed by atoms with Crippen LogP contribution in [-0.4, -0.2) is 12.1 Å². The minimum Gasteiger partial charge on any atom is -0.276 e. The van der Waals surface area contributed by atoms with Crippen molar-refractivity contribution >= 4 is 12.1 Å². The van der Waals surface area contributed by atoms with Crippen LogP contribution in [0.3, 0.4) is 0 Å². The highest BCUT2D eigenvalue weighted by atomic mass is 16.1. The number of carbonyl (C=O) groups is 1. The van der Waals surface area contributed by atoms with Gasteiger partial charge in [0.25, 0.3) is 0 Å². The minimum atomic E-state index is 0.110. The van der Waals surface area contributed by atoms with Gasteiger partial charge in [-0.2, -0.15) is 0 Å². The average Bonchev–Trinajstić information content (AvgIpc) is 2.41. The summed E-state index contributed by atoms with van der Waals surface area (Å²) in [6, 6.07) is 8.17. The highest BCUT2D eigenvalue weighted by Crippen LogP contribution is 2.38. The Balaban J connectivity index is 2.60. The quantitative estimate of drug-likeness (QED) is 0.620. The summed E-state index contributed by atoms with van der Waals surface area (Å²) in [5, 5.41) is 0. The second-order valence-electron chi connectivity index (χ2n) is 4.29. The average molecular weight is 187 g/mol. The van der Waals surface area contributed by atoms with E-state index < -0.39 is 0 Å². The van der Waals surface area contributed by atoms with Crippen molar-refractivity contribution in [3.05, 3.63) is 35.4 Å². The van der Waals surface area contributed by atoms with Gasteiger partial charge in [-0.3, -0.25) is 4.79 Å². The SMILES string of the molecule is CC1(C)C/C(=N/C=O)c2ccccc21. The Bertz CT molecular complexity index is 405. The number of fused-ring (bicyclic) bond motifs is 1. The molecule has 72 valence electrons. The molecule has 0 saturated heterocycles. The van der Waals surface area contributed by atoms with Gasteiger partial charge in [-0.1, -0.05) is 38.1 Å². The van der Waals surface area contributed by atoms with Crippen LogP contribution in [0.1, 0.15) is 31.4 Å². The van der Waals surface area contributed by atoms with Crippen LogP contribution in [0.5, 0.6) is 0 Å². The predicted octanol–water partition coefficient (Wildman–Crippen LogP) is 2.31. The Kier molecular flexibility index (Phi) is 1.99. The summed E-state index contributed by atoms with van der Waals surface area (Å²) in [5.74, 6) is 0. The lowest BCUT2D eigenvalue weighted by molar-refractivity contribution is -0.106. The van der Waals surface area contributed by atoms with E-state index in [1.807, 2.05) is 18.2 Å². The molecule has 1 amide bonds. The maximum absolute atomic E-state index is 10.4. The van der Waals surface area contributed by atoms with Gasteiger partial charge in [-0.05, 0) is 23.0 Å². The zero-order chi connectivity index (χ0) is 10.2. The molecule has 0 spiro atoms. The molecule has 0 aromatic heterocycles. The Hall–Kier alpha value is -1.44. The van der Waals surface area contributed by atoms with Crippen LogP contribution in [-0.2, 0) is 10.2 Å². The molecule has 2 heteroatoms. The molecule has 0 heterocycles. The van der Waals surface area contributed by atoms with Gasteiger partial charge in [0.05, 0.1) is 5.71 Å². The number of nitrogens with zero attached hydrogens (tertiary/aromatic N) is 1. The molecule has 1 aromatic rings. The van der Waals surface area contributed by atoms with Gasteiger partial charge in [0.15, 0.2) is 0 Å². The first-order valence-corrected chi connectivity index (χ1v) is 4.75. The minimum absolute atomic E-state index is 0.110. The summed E-state index contributed by atoms with van der Waals surface area (Å²) in [4.78, 5) is 14.3. The molecule has 1 aliphatic carbocycles. The van der Waals surface area contributed by atoms with Crippen molar-refractivity contribution < 1.29 is 4.79 Å². The van der Waals surface area contributed by atoms with Crippen molar-refractivity contribution in [2.24, 2.45) is 4.99 Å². The van der Waals surface area contributed by atoms with Crippen LogP contribution in [0.25, 0.3) is 0 Å². The molecule has 0 aliphatic heterocycles. The van der Waals surface area contributed by atoms with E-state index in [4.69, 9.17) is 0 Å². The fourth-order valence-corrected chi connectivity index (χ4v) is 2.11. The topological polar surface area (TPSA) is 29.4 Å². The lowest BCUT2D eigenvalue weighted by Crippen LogP contribution is -2.12. The highest BCUT2D eigenvalue weighted by Gasteiger charge is 2.33. The molecule has 1 aliphatic rings. The van der Waals surface area contributed by atoms with Crippen molar-refractivity contribution in [3.8, 4) is 0 Å². The summed E-state index contributed by atoms with van der Waals surface area (Å²) in [6.07, 6.45) is 1.48. The maximum atomic E-state index is 10.4. The normalized spacial score (nSPS) is 20.9. The number of benzene rings is 1. The van der Waals surface area contributed by atoms with Crippen LogP contribution in [0, 0.1) is 0 Å². The van der Waals surface area contributed by atoms with E-state index in [1.54, 1.807) is 0 Å². The van der Waals surface area contributed by atoms with Gasteiger partial charge in [0.1, 0.15) is 0 Å². The van der Waals surface area contributed by atoms with Crippen LogP contribution in [0.4, 0.5) is 0 Å². The fourth-order valence-electron chi connectivity index (χ4n) is 2.11. The first-order valence-electron chi connectivity index (χ1n) is 4.75. The third kappa shape index (κ3) is 1.27. The summed E-state index contributed by atoms with van der Waals surface area (Å²) in [5.41, 5.74) is 3.45. The molecule has 0 saturated carbocycles. The second kappa shape index (κ2) is 3.05. The van der Waals surface area contributed by atoms with E-state index in [2.05, 4.69) is 24.9 Å². The van der Waals surface area contributed by atoms with Crippen LogP contribution < -0.4 is 0 Å². The van der Waals surface area contributed by atoms with Gasteiger partial charge >= 0.3 is 0 Å². The number of carbonyl (C=O) groups excluding carboxylic acids is 1. The van der Waals surface area contributed by atoms with E-state index in [0.29, 0.717) is 6.41 Å². The first-order chi connectivity index (χ1) is 6.65. The summed E-state index contributed by atoms with van der Waals surface area (Å²) >= 11 is 0. The molecule has 0 atom stereocenters. The third-order valence-corrected chi connectivity index (χ3v) is 2.79. The molecule has 0 fully saturated rings. The summed E-state index contributed by atoms with van der Waals surface area (Å²) in [6.45, 7) is 4.36. The Morgan fingerprint density at radius 3 is 2.79 bits per heavy atom. The highest BCUT2D eigenvalue weighted by molar-refractivity contribution is 6.08. The zero-order valence-electron chi connectivity index (χ0n) is 8.45.